The number of rotatable bonds is 1. The van der Waals surface area contributed by atoms with E-state index in [0.717, 1.165) is 0 Å². The maximum absolute atomic E-state index is 12.7. The molecule has 0 aliphatic carbocycles. The highest BCUT2D eigenvalue weighted by Gasteiger charge is 2.00. The van der Waals surface area contributed by atoms with Crippen LogP contribution in [0.3, 0.4) is 0 Å². The summed E-state index contributed by atoms with van der Waals surface area (Å²) in [5.74, 6) is -0.408. The maximum Gasteiger partial charge on any atom is 0.156 e. The Morgan fingerprint density at radius 2 is 2.27 bits per heavy atom. The van der Waals surface area contributed by atoms with Gasteiger partial charge in [0.25, 0.3) is 0 Å². The molecule has 1 heterocycles. The Morgan fingerprint density at radius 3 is 2.73 bits per heavy atom. The standard InChI is InChI=1S/C6H3ClFIN2/c7-6-3-10-5(2-11-6)4(8)1-9/h1-3H. The summed E-state index contributed by atoms with van der Waals surface area (Å²) >= 11 is 7.23. The number of aromatic nitrogens is 2. The summed E-state index contributed by atoms with van der Waals surface area (Å²) in [5, 5.41) is 0.259. The summed E-state index contributed by atoms with van der Waals surface area (Å²) in [4.78, 5) is 7.37. The predicted molar refractivity (Wildman–Crippen MR) is 50.1 cm³/mol. The van der Waals surface area contributed by atoms with Crippen molar-refractivity contribution in [1.82, 2.24) is 9.97 Å². The highest BCUT2D eigenvalue weighted by molar-refractivity contribution is 14.1. The first-order chi connectivity index (χ1) is 5.24. The lowest BCUT2D eigenvalue weighted by molar-refractivity contribution is 0.753. The topological polar surface area (TPSA) is 25.8 Å². The largest absolute Gasteiger partial charge is 0.249 e. The first-order valence-electron chi connectivity index (χ1n) is 2.68. The molecule has 0 spiro atoms. The Labute approximate surface area is 81.6 Å². The molecular weight excluding hydrogens is 281 g/mol. The van der Waals surface area contributed by atoms with E-state index in [1.807, 2.05) is 0 Å². The molecular formula is C6H3ClFIN2. The summed E-state index contributed by atoms with van der Waals surface area (Å²) in [5.41, 5.74) is 0.198. The average Bonchev–Trinajstić information content (AvgIpc) is 2.05. The van der Waals surface area contributed by atoms with Gasteiger partial charge in [-0.2, -0.15) is 0 Å². The summed E-state index contributed by atoms with van der Waals surface area (Å²) < 4.78 is 14.0. The van der Waals surface area contributed by atoms with Crippen molar-refractivity contribution < 1.29 is 4.39 Å². The number of nitrogens with zero attached hydrogens (tertiary/aromatic N) is 2. The lowest BCUT2D eigenvalue weighted by Crippen LogP contribution is -1.85. The molecule has 0 atom stereocenters. The van der Waals surface area contributed by atoms with E-state index in [9.17, 15) is 4.39 Å². The molecule has 1 rings (SSSR count). The summed E-state index contributed by atoms with van der Waals surface area (Å²) in [6.07, 6.45) is 2.59. The van der Waals surface area contributed by atoms with Gasteiger partial charge in [-0.25, -0.2) is 14.4 Å². The zero-order valence-electron chi connectivity index (χ0n) is 5.26. The Bertz CT molecular complexity index is 272. The van der Waals surface area contributed by atoms with Crippen molar-refractivity contribution in [3.05, 3.63) is 27.3 Å². The Kier molecular flexibility index (Phi) is 3.19. The van der Waals surface area contributed by atoms with Gasteiger partial charge in [0.1, 0.15) is 10.8 Å². The smallest absolute Gasteiger partial charge is 0.156 e. The maximum atomic E-state index is 12.7. The molecule has 0 aromatic carbocycles. The highest BCUT2D eigenvalue weighted by atomic mass is 127. The number of halogens is 3. The summed E-state index contributed by atoms with van der Waals surface area (Å²) in [7, 11) is 0. The molecule has 0 bridgehead atoms. The summed E-state index contributed by atoms with van der Waals surface area (Å²) in [6, 6.07) is 0. The second-order valence-corrected chi connectivity index (χ2v) is 2.69. The van der Waals surface area contributed by atoms with Gasteiger partial charge in [-0.1, -0.05) is 11.6 Å². The first kappa shape index (κ1) is 8.86. The molecule has 11 heavy (non-hydrogen) atoms. The molecule has 0 unspecified atom stereocenters. The minimum Gasteiger partial charge on any atom is -0.249 e. The second kappa shape index (κ2) is 3.96. The van der Waals surface area contributed by atoms with Crippen molar-refractivity contribution in [2.24, 2.45) is 0 Å². The van der Waals surface area contributed by atoms with Crippen molar-refractivity contribution in [3.63, 3.8) is 0 Å². The number of hydrogen-bond donors (Lipinski definition) is 0. The second-order valence-electron chi connectivity index (χ2n) is 1.68. The minimum absolute atomic E-state index is 0.198. The monoisotopic (exact) mass is 284 g/mol. The van der Waals surface area contributed by atoms with E-state index in [0.29, 0.717) is 0 Å². The van der Waals surface area contributed by atoms with Crippen molar-refractivity contribution in [1.29, 1.82) is 0 Å². The van der Waals surface area contributed by atoms with Gasteiger partial charge in [-0.05, 0) is 22.6 Å². The molecule has 1 aromatic rings. The van der Waals surface area contributed by atoms with Gasteiger partial charge in [0.2, 0.25) is 0 Å². The third-order valence-electron chi connectivity index (χ3n) is 0.961. The van der Waals surface area contributed by atoms with E-state index in [1.54, 1.807) is 22.6 Å². The van der Waals surface area contributed by atoms with Crippen LogP contribution in [0.1, 0.15) is 5.69 Å². The van der Waals surface area contributed by atoms with E-state index < -0.39 is 5.83 Å². The van der Waals surface area contributed by atoms with Crippen LogP contribution < -0.4 is 0 Å². The van der Waals surface area contributed by atoms with Crippen LogP contribution in [-0.4, -0.2) is 9.97 Å². The van der Waals surface area contributed by atoms with Gasteiger partial charge in [0.15, 0.2) is 5.83 Å². The third-order valence-corrected chi connectivity index (χ3v) is 1.70. The average molecular weight is 284 g/mol. The van der Waals surface area contributed by atoms with Crippen LogP contribution in [0.15, 0.2) is 16.5 Å². The molecule has 58 valence electrons. The van der Waals surface area contributed by atoms with Crippen molar-refractivity contribution in [3.8, 4) is 0 Å². The van der Waals surface area contributed by atoms with E-state index >= 15 is 0 Å². The quantitative estimate of drug-likeness (QED) is 0.741. The minimum atomic E-state index is -0.408. The number of hydrogen-bond acceptors (Lipinski definition) is 2. The molecule has 0 aliphatic heterocycles. The zero-order chi connectivity index (χ0) is 8.27. The molecule has 0 radical (unpaired) electrons. The normalized spacial score (nSPS) is 11.7. The van der Waals surface area contributed by atoms with E-state index in [2.05, 4.69) is 9.97 Å². The van der Waals surface area contributed by atoms with Crippen LogP contribution in [-0.2, 0) is 0 Å². The van der Waals surface area contributed by atoms with Gasteiger partial charge >= 0.3 is 0 Å². The Balaban J connectivity index is 2.99. The van der Waals surface area contributed by atoms with Gasteiger partial charge < -0.3 is 0 Å². The van der Waals surface area contributed by atoms with Crippen LogP contribution in [0, 0.1) is 0 Å². The van der Waals surface area contributed by atoms with Gasteiger partial charge in [-0.15, -0.1) is 0 Å². The lowest BCUT2D eigenvalue weighted by Gasteiger charge is -1.93. The van der Waals surface area contributed by atoms with Crippen molar-refractivity contribution in [2.45, 2.75) is 0 Å². The van der Waals surface area contributed by atoms with E-state index in [1.165, 1.54) is 16.5 Å². The molecule has 0 aliphatic rings. The zero-order valence-corrected chi connectivity index (χ0v) is 8.17. The fourth-order valence-corrected chi connectivity index (χ4v) is 0.908. The molecule has 0 amide bonds. The van der Waals surface area contributed by atoms with Crippen LogP contribution >= 0.6 is 34.2 Å². The van der Waals surface area contributed by atoms with Gasteiger partial charge in [0, 0.05) is 4.08 Å². The molecule has 2 nitrogen and oxygen atoms in total. The Morgan fingerprint density at radius 1 is 1.55 bits per heavy atom. The lowest BCUT2D eigenvalue weighted by atomic mass is 10.4. The molecule has 5 heteroatoms. The third kappa shape index (κ3) is 2.37. The molecule has 0 saturated heterocycles. The molecule has 1 aromatic heterocycles. The van der Waals surface area contributed by atoms with E-state index in [-0.39, 0.29) is 10.8 Å². The van der Waals surface area contributed by atoms with Crippen LogP contribution in [0.25, 0.3) is 5.83 Å². The van der Waals surface area contributed by atoms with Crippen LogP contribution in [0.5, 0.6) is 0 Å². The molecule has 0 N–H and O–H groups in total. The van der Waals surface area contributed by atoms with E-state index in [4.69, 9.17) is 11.6 Å². The SMILES string of the molecule is FC(=CI)c1cnc(Cl)cn1. The van der Waals surface area contributed by atoms with Gasteiger partial charge in [-0.3, -0.25) is 0 Å². The fraction of sp³-hybridized carbons (Fsp3) is 0. The van der Waals surface area contributed by atoms with Crippen molar-refractivity contribution in [2.75, 3.05) is 0 Å². The Hall–Kier alpha value is -0.230. The fourth-order valence-electron chi connectivity index (χ4n) is 0.492. The molecule has 0 saturated carbocycles. The highest BCUT2D eigenvalue weighted by Crippen LogP contribution is 2.14. The van der Waals surface area contributed by atoms with Crippen molar-refractivity contribution >= 4 is 40.0 Å². The first-order valence-corrected chi connectivity index (χ1v) is 4.30. The summed E-state index contributed by atoms with van der Waals surface area (Å²) in [6.45, 7) is 0. The molecule has 0 fully saturated rings. The van der Waals surface area contributed by atoms with Crippen LogP contribution in [0.2, 0.25) is 5.15 Å². The predicted octanol–water partition coefficient (Wildman–Crippen LogP) is 2.83. The van der Waals surface area contributed by atoms with Crippen LogP contribution in [0.4, 0.5) is 4.39 Å². The van der Waals surface area contributed by atoms with Gasteiger partial charge in [0.05, 0.1) is 12.4 Å².